The molecule has 1 saturated heterocycles. The van der Waals surface area contributed by atoms with E-state index in [2.05, 4.69) is 19.1 Å². The zero-order chi connectivity index (χ0) is 10.7. The average molecular weight is 206 g/mol. The zero-order valence-corrected chi connectivity index (χ0v) is 9.10. The predicted molar refractivity (Wildman–Crippen MR) is 59.8 cm³/mol. The van der Waals surface area contributed by atoms with Gasteiger partial charge in [-0.05, 0) is 17.9 Å². The van der Waals surface area contributed by atoms with E-state index in [-0.39, 0.29) is 12.7 Å². The molecule has 0 radical (unpaired) electrons. The maximum absolute atomic E-state index is 9.32. The van der Waals surface area contributed by atoms with Crippen molar-refractivity contribution in [3.05, 3.63) is 35.9 Å². The summed E-state index contributed by atoms with van der Waals surface area (Å²) in [6, 6.07) is 10.4. The van der Waals surface area contributed by atoms with Crippen LogP contribution in [0.25, 0.3) is 0 Å². The van der Waals surface area contributed by atoms with Crippen LogP contribution in [0.4, 0.5) is 0 Å². The molecule has 1 aliphatic rings. The molecule has 1 aromatic carbocycles. The quantitative estimate of drug-likeness (QED) is 0.803. The first-order chi connectivity index (χ1) is 7.33. The van der Waals surface area contributed by atoms with Gasteiger partial charge in [-0.15, -0.1) is 0 Å². The number of aliphatic hydroxyl groups is 1. The highest BCUT2D eigenvalue weighted by atomic mass is 16.5. The van der Waals surface area contributed by atoms with E-state index in [1.165, 1.54) is 5.56 Å². The van der Waals surface area contributed by atoms with Crippen molar-refractivity contribution in [2.45, 2.75) is 25.4 Å². The number of aliphatic hydroxyl groups excluding tert-OH is 1. The second kappa shape index (κ2) is 4.77. The molecule has 2 heteroatoms. The second-order valence-electron chi connectivity index (χ2n) is 4.29. The Labute approximate surface area is 90.9 Å². The van der Waals surface area contributed by atoms with Crippen LogP contribution in [0.15, 0.2) is 30.3 Å². The largest absolute Gasteiger partial charge is 0.394 e. The van der Waals surface area contributed by atoms with Gasteiger partial charge in [-0.3, -0.25) is 0 Å². The molecule has 2 rings (SSSR count). The Hall–Kier alpha value is -0.860. The Bertz CT molecular complexity index is 297. The molecule has 0 aliphatic carbocycles. The van der Waals surface area contributed by atoms with Crippen LogP contribution in [-0.4, -0.2) is 24.4 Å². The summed E-state index contributed by atoms with van der Waals surface area (Å²) < 4.78 is 5.61. The van der Waals surface area contributed by atoms with Crippen LogP contribution in [0.5, 0.6) is 0 Å². The molecule has 1 N–H and O–H groups in total. The van der Waals surface area contributed by atoms with E-state index in [1.54, 1.807) is 0 Å². The first-order valence-corrected chi connectivity index (χ1v) is 5.60. The maximum atomic E-state index is 9.32. The highest BCUT2D eigenvalue weighted by Crippen LogP contribution is 2.35. The van der Waals surface area contributed by atoms with Crippen LogP contribution in [0.2, 0.25) is 0 Å². The van der Waals surface area contributed by atoms with Crippen LogP contribution in [0, 0.1) is 5.92 Å². The molecule has 82 valence electrons. The monoisotopic (exact) mass is 206 g/mol. The highest BCUT2D eigenvalue weighted by molar-refractivity contribution is 5.22. The lowest BCUT2D eigenvalue weighted by molar-refractivity contribution is -0.0513. The van der Waals surface area contributed by atoms with E-state index in [4.69, 9.17) is 4.74 Å². The Morgan fingerprint density at radius 3 is 2.73 bits per heavy atom. The van der Waals surface area contributed by atoms with E-state index >= 15 is 0 Å². The van der Waals surface area contributed by atoms with Gasteiger partial charge in [0.2, 0.25) is 0 Å². The molecule has 0 spiro atoms. The summed E-state index contributed by atoms with van der Waals surface area (Å²) in [5, 5.41) is 9.32. The maximum Gasteiger partial charge on any atom is 0.0876 e. The van der Waals surface area contributed by atoms with Gasteiger partial charge in [0.15, 0.2) is 0 Å². The lowest BCUT2D eigenvalue weighted by Crippen LogP contribution is -2.35. The summed E-state index contributed by atoms with van der Waals surface area (Å²) in [7, 11) is 0. The molecule has 1 aliphatic heterocycles. The van der Waals surface area contributed by atoms with Crippen LogP contribution in [-0.2, 0) is 4.74 Å². The average Bonchev–Trinajstić information content (AvgIpc) is 2.29. The summed E-state index contributed by atoms with van der Waals surface area (Å²) in [5.41, 5.74) is 1.28. The molecule has 3 atom stereocenters. The van der Waals surface area contributed by atoms with E-state index in [1.807, 2.05) is 18.2 Å². The molecule has 0 bridgehead atoms. The van der Waals surface area contributed by atoms with Gasteiger partial charge in [0.1, 0.15) is 0 Å². The van der Waals surface area contributed by atoms with E-state index in [9.17, 15) is 5.11 Å². The third-order valence-electron chi connectivity index (χ3n) is 3.28. The van der Waals surface area contributed by atoms with Crippen molar-refractivity contribution in [2.75, 3.05) is 13.2 Å². The number of ether oxygens (including phenoxy) is 1. The third kappa shape index (κ3) is 2.21. The first kappa shape index (κ1) is 10.7. The molecule has 0 saturated carbocycles. The van der Waals surface area contributed by atoms with Crippen LogP contribution < -0.4 is 0 Å². The van der Waals surface area contributed by atoms with Crippen molar-refractivity contribution in [1.29, 1.82) is 0 Å². The molecular weight excluding hydrogens is 188 g/mol. The Kier molecular flexibility index (Phi) is 3.39. The number of rotatable bonds is 2. The highest BCUT2D eigenvalue weighted by Gasteiger charge is 2.32. The van der Waals surface area contributed by atoms with Gasteiger partial charge >= 0.3 is 0 Å². The molecule has 0 aromatic heterocycles. The van der Waals surface area contributed by atoms with Crippen molar-refractivity contribution < 1.29 is 9.84 Å². The fourth-order valence-corrected chi connectivity index (χ4v) is 2.44. The lowest BCUT2D eigenvalue weighted by Gasteiger charge is -2.36. The predicted octanol–water partition coefficient (Wildman–Crippen LogP) is 2.19. The summed E-state index contributed by atoms with van der Waals surface area (Å²) in [6.45, 7) is 3.13. The SMILES string of the molecule is CC1CCOC(CO)C1c1ccccc1. The smallest absolute Gasteiger partial charge is 0.0876 e. The van der Waals surface area contributed by atoms with Crippen LogP contribution in [0.3, 0.4) is 0 Å². The van der Waals surface area contributed by atoms with E-state index in [0.29, 0.717) is 11.8 Å². The zero-order valence-electron chi connectivity index (χ0n) is 9.10. The van der Waals surface area contributed by atoms with Crippen LogP contribution >= 0.6 is 0 Å². The van der Waals surface area contributed by atoms with Gasteiger partial charge in [0.25, 0.3) is 0 Å². The van der Waals surface area contributed by atoms with Gasteiger partial charge in [-0.25, -0.2) is 0 Å². The molecule has 15 heavy (non-hydrogen) atoms. The van der Waals surface area contributed by atoms with Crippen LogP contribution in [0.1, 0.15) is 24.8 Å². The Morgan fingerprint density at radius 2 is 2.07 bits per heavy atom. The summed E-state index contributed by atoms with van der Waals surface area (Å²) >= 11 is 0. The normalized spacial score (nSPS) is 31.5. The minimum atomic E-state index is -0.0313. The fourth-order valence-electron chi connectivity index (χ4n) is 2.44. The third-order valence-corrected chi connectivity index (χ3v) is 3.28. The standard InChI is InChI=1S/C13H18O2/c1-10-7-8-15-12(9-14)13(10)11-5-3-2-4-6-11/h2-6,10,12-14H,7-9H2,1H3. The van der Waals surface area contributed by atoms with Crippen molar-refractivity contribution in [3.8, 4) is 0 Å². The molecular formula is C13H18O2. The van der Waals surface area contributed by atoms with Crippen molar-refractivity contribution in [2.24, 2.45) is 5.92 Å². The van der Waals surface area contributed by atoms with E-state index in [0.717, 1.165) is 13.0 Å². The number of benzene rings is 1. The molecule has 2 nitrogen and oxygen atoms in total. The number of hydrogen-bond acceptors (Lipinski definition) is 2. The second-order valence-corrected chi connectivity index (χ2v) is 4.29. The van der Waals surface area contributed by atoms with Crippen molar-refractivity contribution in [1.82, 2.24) is 0 Å². The minimum Gasteiger partial charge on any atom is -0.394 e. The Balaban J connectivity index is 2.23. The fraction of sp³-hybridized carbons (Fsp3) is 0.538. The molecule has 0 amide bonds. The van der Waals surface area contributed by atoms with Gasteiger partial charge < -0.3 is 9.84 Å². The minimum absolute atomic E-state index is 0.0313. The molecule has 1 aromatic rings. The lowest BCUT2D eigenvalue weighted by atomic mass is 9.80. The van der Waals surface area contributed by atoms with Gasteiger partial charge in [0.05, 0.1) is 12.7 Å². The van der Waals surface area contributed by atoms with E-state index < -0.39 is 0 Å². The first-order valence-electron chi connectivity index (χ1n) is 5.60. The van der Waals surface area contributed by atoms with Gasteiger partial charge in [-0.2, -0.15) is 0 Å². The van der Waals surface area contributed by atoms with Crippen molar-refractivity contribution >= 4 is 0 Å². The number of hydrogen-bond donors (Lipinski definition) is 1. The van der Waals surface area contributed by atoms with Gasteiger partial charge in [0, 0.05) is 12.5 Å². The summed E-state index contributed by atoms with van der Waals surface area (Å²) in [4.78, 5) is 0. The Morgan fingerprint density at radius 1 is 1.33 bits per heavy atom. The van der Waals surface area contributed by atoms with Gasteiger partial charge in [-0.1, -0.05) is 37.3 Å². The summed E-state index contributed by atoms with van der Waals surface area (Å²) in [5.74, 6) is 0.920. The summed E-state index contributed by atoms with van der Waals surface area (Å²) in [6.07, 6.45) is 1.05. The topological polar surface area (TPSA) is 29.5 Å². The van der Waals surface area contributed by atoms with Crippen molar-refractivity contribution in [3.63, 3.8) is 0 Å². The molecule has 1 heterocycles. The molecule has 1 fully saturated rings. The molecule has 3 unspecified atom stereocenters.